The summed E-state index contributed by atoms with van der Waals surface area (Å²) >= 11 is 5.75. The Balaban J connectivity index is 1.35. The number of rotatable bonds is 6. The minimum atomic E-state index is -0.211. The van der Waals surface area contributed by atoms with Crippen LogP contribution in [0, 0.1) is 0 Å². The predicted octanol–water partition coefficient (Wildman–Crippen LogP) is 2.09. The minimum Gasteiger partial charge on any atom is -0.351 e. The number of unbranched alkanes of at least 4 members (excludes halogenated alkanes) is 1. The molecule has 0 unspecified atom stereocenters. The Kier molecular flexibility index (Phi) is 5.72. The second kappa shape index (κ2) is 8.17. The SMILES string of the molecule is O=C(NCCCCN1CCc2ccncc2C1)c1cc(Cl)ncn1. The lowest BCUT2D eigenvalue weighted by Gasteiger charge is -2.28. The first-order valence-electron chi connectivity index (χ1n) is 8.12. The molecule has 1 N–H and O–H groups in total. The number of carbonyl (C=O) groups excluding carboxylic acids is 1. The van der Waals surface area contributed by atoms with E-state index in [4.69, 9.17) is 11.6 Å². The molecule has 0 spiro atoms. The van der Waals surface area contributed by atoms with Gasteiger partial charge in [0.25, 0.3) is 5.91 Å². The maximum atomic E-state index is 11.9. The Morgan fingerprint density at radius 1 is 1.29 bits per heavy atom. The molecule has 0 saturated carbocycles. The van der Waals surface area contributed by atoms with Crippen LogP contribution in [0.3, 0.4) is 0 Å². The molecule has 1 aliphatic rings. The van der Waals surface area contributed by atoms with Crippen molar-refractivity contribution in [3.8, 4) is 0 Å². The molecule has 2 aromatic rings. The zero-order valence-electron chi connectivity index (χ0n) is 13.4. The number of aromatic nitrogens is 3. The Bertz CT molecular complexity index is 709. The summed E-state index contributed by atoms with van der Waals surface area (Å²) in [5, 5.41) is 3.14. The summed E-state index contributed by atoms with van der Waals surface area (Å²) in [6, 6.07) is 3.58. The molecule has 0 bridgehead atoms. The van der Waals surface area contributed by atoms with Gasteiger partial charge in [-0.1, -0.05) is 11.6 Å². The Morgan fingerprint density at radius 2 is 2.21 bits per heavy atom. The molecule has 0 fully saturated rings. The summed E-state index contributed by atoms with van der Waals surface area (Å²) in [5.74, 6) is -0.211. The highest BCUT2D eigenvalue weighted by Gasteiger charge is 2.15. The van der Waals surface area contributed by atoms with Crippen molar-refractivity contribution in [3.63, 3.8) is 0 Å². The standard InChI is InChI=1S/C17H20ClN5O/c18-16-9-15(21-12-22-16)17(24)20-5-1-2-7-23-8-4-13-3-6-19-10-14(13)11-23/h3,6,9-10,12H,1-2,4-5,7-8,11H2,(H,20,24). The fourth-order valence-corrected chi connectivity index (χ4v) is 2.99. The molecule has 2 aromatic heterocycles. The van der Waals surface area contributed by atoms with E-state index in [0.717, 1.165) is 38.9 Å². The maximum Gasteiger partial charge on any atom is 0.270 e. The van der Waals surface area contributed by atoms with Gasteiger partial charge >= 0.3 is 0 Å². The average Bonchev–Trinajstić information content (AvgIpc) is 2.61. The molecule has 1 amide bonds. The number of pyridine rings is 1. The molecule has 3 rings (SSSR count). The number of hydrogen-bond acceptors (Lipinski definition) is 5. The second-order valence-corrected chi connectivity index (χ2v) is 6.25. The van der Waals surface area contributed by atoms with E-state index in [1.807, 2.05) is 12.4 Å². The average molecular weight is 346 g/mol. The van der Waals surface area contributed by atoms with Crippen molar-refractivity contribution >= 4 is 17.5 Å². The Labute approximate surface area is 146 Å². The number of amides is 1. The summed E-state index contributed by atoms with van der Waals surface area (Å²) in [5.41, 5.74) is 3.05. The number of halogens is 1. The topological polar surface area (TPSA) is 71.0 Å². The summed E-state index contributed by atoms with van der Waals surface area (Å²) in [6.45, 7) is 3.72. The lowest BCUT2D eigenvalue weighted by molar-refractivity contribution is 0.0947. The lowest BCUT2D eigenvalue weighted by atomic mass is 10.0. The molecule has 0 aliphatic carbocycles. The zero-order valence-corrected chi connectivity index (χ0v) is 14.2. The number of fused-ring (bicyclic) bond motifs is 1. The van der Waals surface area contributed by atoms with Crippen molar-refractivity contribution in [2.24, 2.45) is 0 Å². The van der Waals surface area contributed by atoms with E-state index >= 15 is 0 Å². The van der Waals surface area contributed by atoms with Crippen LogP contribution >= 0.6 is 11.6 Å². The van der Waals surface area contributed by atoms with E-state index in [1.165, 1.54) is 23.5 Å². The monoisotopic (exact) mass is 345 g/mol. The van der Waals surface area contributed by atoms with Crippen LogP contribution in [0.4, 0.5) is 0 Å². The summed E-state index contributed by atoms with van der Waals surface area (Å²) in [7, 11) is 0. The zero-order chi connectivity index (χ0) is 16.8. The first-order valence-corrected chi connectivity index (χ1v) is 8.50. The second-order valence-electron chi connectivity index (χ2n) is 5.86. The third-order valence-corrected chi connectivity index (χ3v) is 4.36. The van der Waals surface area contributed by atoms with E-state index < -0.39 is 0 Å². The highest BCUT2D eigenvalue weighted by molar-refractivity contribution is 6.29. The van der Waals surface area contributed by atoms with E-state index in [-0.39, 0.29) is 11.1 Å². The van der Waals surface area contributed by atoms with Gasteiger partial charge in [-0.3, -0.25) is 14.7 Å². The molecule has 24 heavy (non-hydrogen) atoms. The van der Waals surface area contributed by atoms with Crippen molar-refractivity contribution in [3.05, 3.63) is 52.8 Å². The van der Waals surface area contributed by atoms with Crippen molar-refractivity contribution in [2.75, 3.05) is 19.6 Å². The van der Waals surface area contributed by atoms with E-state index in [9.17, 15) is 4.79 Å². The summed E-state index contributed by atoms with van der Waals surface area (Å²) < 4.78 is 0. The van der Waals surface area contributed by atoms with E-state index in [2.05, 4.69) is 31.2 Å². The smallest absolute Gasteiger partial charge is 0.270 e. The normalized spacial score (nSPS) is 14.2. The molecule has 0 aromatic carbocycles. The van der Waals surface area contributed by atoms with Crippen molar-refractivity contribution < 1.29 is 4.79 Å². The Morgan fingerprint density at radius 3 is 3.08 bits per heavy atom. The fourth-order valence-electron chi connectivity index (χ4n) is 2.84. The van der Waals surface area contributed by atoms with Crippen LogP contribution in [-0.4, -0.2) is 45.4 Å². The Hall–Kier alpha value is -2.05. The molecule has 7 heteroatoms. The molecule has 0 saturated heterocycles. The molecule has 0 radical (unpaired) electrons. The van der Waals surface area contributed by atoms with Crippen molar-refractivity contribution in [1.82, 2.24) is 25.2 Å². The lowest BCUT2D eigenvalue weighted by Crippen LogP contribution is -2.32. The van der Waals surface area contributed by atoms with Gasteiger partial charge in [0.2, 0.25) is 0 Å². The van der Waals surface area contributed by atoms with Gasteiger partial charge in [0.15, 0.2) is 0 Å². The van der Waals surface area contributed by atoms with Gasteiger partial charge < -0.3 is 5.32 Å². The van der Waals surface area contributed by atoms with Gasteiger partial charge in [0.05, 0.1) is 0 Å². The largest absolute Gasteiger partial charge is 0.351 e. The summed E-state index contributed by atoms with van der Waals surface area (Å²) in [4.78, 5) is 26.2. The van der Waals surface area contributed by atoms with Crippen molar-refractivity contribution in [1.29, 1.82) is 0 Å². The molecule has 6 nitrogen and oxygen atoms in total. The van der Waals surface area contributed by atoms with Crippen LogP contribution in [0.2, 0.25) is 5.15 Å². The summed E-state index contributed by atoms with van der Waals surface area (Å²) in [6.07, 6.45) is 8.18. The van der Waals surface area contributed by atoms with Crippen LogP contribution in [0.1, 0.15) is 34.5 Å². The number of nitrogens with one attached hydrogen (secondary N) is 1. The number of nitrogens with zero attached hydrogens (tertiary/aromatic N) is 4. The highest BCUT2D eigenvalue weighted by Crippen LogP contribution is 2.17. The fraction of sp³-hybridized carbons (Fsp3) is 0.412. The maximum absolute atomic E-state index is 11.9. The van der Waals surface area contributed by atoms with Gasteiger partial charge in [0, 0.05) is 38.1 Å². The van der Waals surface area contributed by atoms with E-state index in [1.54, 1.807) is 0 Å². The molecule has 1 aliphatic heterocycles. The van der Waals surface area contributed by atoms with Crippen LogP contribution in [0.25, 0.3) is 0 Å². The molecule has 126 valence electrons. The van der Waals surface area contributed by atoms with Crippen LogP contribution in [0.5, 0.6) is 0 Å². The van der Waals surface area contributed by atoms with Gasteiger partial charge in [-0.25, -0.2) is 9.97 Å². The minimum absolute atomic E-state index is 0.211. The third kappa shape index (κ3) is 4.49. The van der Waals surface area contributed by atoms with E-state index in [0.29, 0.717) is 12.2 Å². The third-order valence-electron chi connectivity index (χ3n) is 4.15. The predicted molar refractivity (Wildman–Crippen MR) is 91.8 cm³/mol. The molecular formula is C17H20ClN5O. The van der Waals surface area contributed by atoms with Gasteiger partial charge in [-0.15, -0.1) is 0 Å². The number of carbonyl (C=O) groups is 1. The first kappa shape index (κ1) is 16.8. The van der Waals surface area contributed by atoms with Crippen LogP contribution in [0.15, 0.2) is 30.9 Å². The first-order chi connectivity index (χ1) is 11.7. The number of hydrogen-bond donors (Lipinski definition) is 1. The highest BCUT2D eigenvalue weighted by atomic mass is 35.5. The molecule has 3 heterocycles. The molecule has 0 atom stereocenters. The van der Waals surface area contributed by atoms with Gasteiger partial charge in [-0.2, -0.15) is 0 Å². The van der Waals surface area contributed by atoms with Gasteiger partial charge in [-0.05, 0) is 43.0 Å². The quantitative estimate of drug-likeness (QED) is 0.641. The van der Waals surface area contributed by atoms with Gasteiger partial charge in [0.1, 0.15) is 17.2 Å². The van der Waals surface area contributed by atoms with Crippen molar-refractivity contribution in [2.45, 2.75) is 25.8 Å². The van der Waals surface area contributed by atoms with Crippen LogP contribution < -0.4 is 5.32 Å². The molecular weight excluding hydrogens is 326 g/mol. The van der Waals surface area contributed by atoms with Crippen LogP contribution in [-0.2, 0) is 13.0 Å².